The van der Waals surface area contributed by atoms with Crippen molar-refractivity contribution in [3.63, 3.8) is 0 Å². The highest BCUT2D eigenvalue weighted by Gasteiger charge is 2.13. The number of amides is 2. The predicted molar refractivity (Wildman–Crippen MR) is 92.9 cm³/mol. The third-order valence-corrected chi connectivity index (χ3v) is 4.34. The fourth-order valence-electron chi connectivity index (χ4n) is 2.04. The van der Waals surface area contributed by atoms with E-state index >= 15 is 0 Å². The summed E-state index contributed by atoms with van der Waals surface area (Å²) in [6.07, 6.45) is 0.831. The Labute approximate surface area is 140 Å². The molecule has 1 rings (SSSR count). The van der Waals surface area contributed by atoms with Gasteiger partial charge in [-0.3, -0.25) is 9.59 Å². The zero-order valence-corrected chi connectivity index (χ0v) is 15.0. The summed E-state index contributed by atoms with van der Waals surface area (Å²) >= 11 is 3.39. The van der Waals surface area contributed by atoms with Gasteiger partial charge in [0.25, 0.3) is 0 Å². The molecule has 0 bridgehead atoms. The molecule has 0 saturated heterocycles. The highest BCUT2D eigenvalue weighted by molar-refractivity contribution is 9.10. The average molecular weight is 370 g/mol. The molecule has 0 saturated carbocycles. The lowest BCUT2D eigenvalue weighted by Gasteiger charge is -2.17. The summed E-state index contributed by atoms with van der Waals surface area (Å²) in [5.74, 6) is -1.23. The summed E-state index contributed by atoms with van der Waals surface area (Å²) in [7, 11) is 0. The molecule has 1 aromatic rings. The Morgan fingerprint density at radius 2 is 1.86 bits per heavy atom. The van der Waals surface area contributed by atoms with Gasteiger partial charge < -0.3 is 15.5 Å². The molecule has 0 aliphatic carbocycles. The van der Waals surface area contributed by atoms with Gasteiger partial charge in [0.05, 0.1) is 0 Å². The van der Waals surface area contributed by atoms with Gasteiger partial charge in [0.15, 0.2) is 0 Å². The van der Waals surface area contributed by atoms with Crippen LogP contribution in [0.25, 0.3) is 0 Å². The molecule has 0 unspecified atom stereocenters. The van der Waals surface area contributed by atoms with Crippen molar-refractivity contribution in [1.82, 2.24) is 10.2 Å². The minimum Gasteiger partial charge on any atom is -0.348 e. The lowest BCUT2D eigenvalue weighted by Crippen LogP contribution is -2.37. The van der Waals surface area contributed by atoms with Gasteiger partial charge in [0, 0.05) is 16.7 Å². The molecule has 5 nitrogen and oxygen atoms in total. The fraction of sp³-hybridized carbons (Fsp3) is 0.500. The van der Waals surface area contributed by atoms with Gasteiger partial charge in [-0.25, -0.2) is 0 Å². The van der Waals surface area contributed by atoms with Crippen LogP contribution in [0.1, 0.15) is 25.8 Å². The number of nitrogens with zero attached hydrogens (tertiary/aromatic N) is 1. The lowest BCUT2D eigenvalue weighted by atomic mass is 10.2. The number of halogens is 1. The molecule has 2 amide bonds. The van der Waals surface area contributed by atoms with Crippen molar-refractivity contribution >= 4 is 33.4 Å². The van der Waals surface area contributed by atoms with Crippen LogP contribution < -0.4 is 10.6 Å². The number of aryl methyl sites for hydroxylation is 1. The zero-order chi connectivity index (χ0) is 16.5. The number of hydrogen-bond acceptors (Lipinski definition) is 3. The fourth-order valence-corrected chi connectivity index (χ4v) is 2.28. The molecule has 0 spiro atoms. The summed E-state index contributed by atoms with van der Waals surface area (Å²) in [5.41, 5.74) is 1.61. The Hall–Kier alpha value is -1.40. The molecule has 0 aliphatic rings. The van der Waals surface area contributed by atoms with Crippen LogP contribution in [0.4, 0.5) is 5.69 Å². The number of hydrogen-bond donors (Lipinski definition) is 2. The van der Waals surface area contributed by atoms with E-state index in [-0.39, 0.29) is 0 Å². The van der Waals surface area contributed by atoms with E-state index in [0.717, 1.165) is 36.1 Å². The molecule has 122 valence electrons. The topological polar surface area (TPSA) is 61.4 Å². The smallest absolute Gasteiger partial charge is 0.313 e. The molecule has 0 radical (unpaired) electrons. The third kappa shape index (κ3) is 6.15. The van der Waals surface area contributed by atoms with Crippen LogP contribution in [-0.4, -0.2) is 42.9 Å². The highest BCUT2D eigenvalue weighted by Crippen LogP contribution is 2.19. The Morgan fingerprint density at radius 1 is 1.18 bits per heavy atom. The molecule has 22 heavy (non-hydrogen) atoms. The normalized spacial score (nSPS) is 10.6. The van der Waals surface area contributed by atoms with Gasteiger partial charge >= 0.3 is 11.8 Å². The average Bonchev–Trinajstić information content (AvgIpc) is 2.50. The van der Waals surface area contributed by atoms with E-state index < -0.39 is 11.8 Å². The summed E-state index contributed by atoms with van der Waals surface area (Å²) < 4.78 is 0.964. The van der Waals surface area contributed by atoms with E-state index in [9.17, 15) is 9.59 Å². The molecule has 0 aromatic heterocycles. The van der Waals surface area contributed by atoms with E-state index in [2.05, 4.69) is 45.3 Å². The second kappa shape index (κ2) is 9.58. The molecule has 0 aliphatic heterocycles. The van der Waals surface area contributed by atoms with Crippen LogP contribution in [0.2, 0.25) is 0 Å². The van der Waals surface area contributed by atoms with Crippen molar-refractivity contribution in [3.05, 3.63) is 28.2 Å². The first-order valence-electron chi connectivity index (χ1n) is 7.55. The minimum absolute atomic E-state index is 0.502. The third-order valence-electron chi connectivity index (χ3n) is 3.45. The Kier molecular flexibility index (Phi) is 8.12. The molecule has 1 aromatic carbocycles. The maximum absolute atomic E-state index is 11.8. The van der Waals surface area contributed by atoms with Crippen LogP contribution in [0, 0.1) is 6.92 Å². The van der Waals surface area contributed by atoms with Crippen molar-refractivity contribution < 1.29 is 9.59 Å². The van der Waals surface area contributed by atoms with Crippen LogP contribution in [-0.2, 0) is 9.59 Å². The Bertz CT molecular complexity index is 516. The summed E-state index contributed by atoms with van der Waals surface area (Å²) in [5, 5.41) is 5.24. The quantitative estimate of drug-likeness (QED) is 0.573. The van der Waals surface area contributed by atoms with Crippen LogP contribution in [0.3, 0.4) is 0 Å². The van der Waals surface area contributed by atoms with Gasteiger partial charge in [-0.05, 0) is 56.7 Å². The van der Waals surface area contributed by atoms with E-state index in [0.29, 0.717) is 12.2 Å². The second-order valence-electron chi connectivity index (χ2n) is 5.05. The molecular formula is C16H24BrN3O2. The van der Waals surface area contributed by atoms with Gasteiger partial charge in [-0.1, -0.05) is 29.8 Å². The maximum Gasteiger partial charge on any atom is 0.313 e. The van der Waals surface area contributed by atoms with Crippen LogP contribution in [0.5, 0.6) is 0 Å². The van der Waals surface area contributed by atoms with Crippen molar-refractivity contribution in [1.29, 1.82) is 0 Å². The predicted octanol–water partition coefficient (Wildman–Crippen LogP) is 2.54. The molecule has 0 atom stereocenters. The Balaban J connectivity index is 2.36. The number of nitrogens with one attached hydrogen (secondary N) is 2. The van der Waals surface area contributed by atoms with E-state index in [1.54, 1.807) is 6.07 Å². The molecule has 0 heterocycles. The van der Waals surface area contributed by atoms with Gasteiger partial charge in [0.1, 0.15) is 0 Å². The molecule has 0 fully saturated rings. The summed E-state index contributed by atoms with van der Waals surface area (Å²) in [4.78, 5) is 25.8. The van der Waals surface area contributed by atoms with Crippen molar-refractivity contribution in [2.45, 2.75) is 27.2 Å². The minimum atomic E-state index is -0.635. The maximum atomic E-state index is 11.8. The summed E-state index contributed by atoms with van der Waals surface area (Å²) in [6.45, 7) is 9.54. The number of carbonyl (C=O) groups is 2. The monoisotopic (exact) mass is 369 g/mol. The first kappa shape index (κ1) is 18.6. The SMILES string of the molecule is CCN(CC)CCCNC(=O)C(=O)Nc1ccc(Br)c(C)c1. The number of benzene rings is 1. The second-order valence-corrected chi connectivity index (χ2v) is 5.91. The molecule has 6 heteroatoms. The first-order chi connectivity index (χ1) is 10.5. The lowest BCUT2D eigenvalue weighted by molar-refractivity contribution is -0.136. The van der Waals surface area contributed by atoms with E-state index in [4.69, 9.17) is 0 Å². The number of carbonyl (C=O) groups excluding carboxylic acids is 2. The Morgan fingerprint density at radius 3 is 2.45 bits per heavy atom. The van der Waals surface area contributed by atoms with Gasteiger partial charge in [-0.15, -0.1) is 0 Å². The van der Waals surface area contributed by atoms with Crippen molar-refractivity contribution in [3.8, 4) is 0 Å². The summed E-state index contributed by atoms with van der Waals surface area (Å²) in [6, 6.07) is 5.41. The molecular weight excluding hydrogens is 346 g/mol. The zero-order valence-electron chi connectivity index (χ0n) is 13.4. The standard InChI is InChI=1S/C16H24BrN3O2/c1-4-20(5-2)10-6-9-18-15(21)16(22)19-13-7-8-14(17)12(3)11-13/h7-8,11H,4-6,9-10H2,1-3H3,(H,18,21)(H,19,22). The largest absolute Gasteiger partial charge is 0.348 e. The van der Waals surface area contributed by atoms with Crippen molar-refractivity contribution in [2.75, 3.05) is 31.5 Å². The van der Waals surface area contributed by atoms with Crippen LogP contribution >= 0.6 is 15.9 Å². The number of rotatable bonds is 7. The van der Waals surface area contributed by atoms with Gasteiger partial charge in [-0.2, -0.15) is 0 Å². The van der Waals surface area contributed by atoms with E-state index in [1.165, 1.54) is 0 Å². The molecule has 2 N–H and O–H groups in total. The van der Waals surface area contributed by atoms with Crippen LogP contribution in [0.15, 0.2) is 22.7 Å². The number of anilines is 1. The van der Waals surface area contributed by atoms with Gasteiger partial charge in [0.2, 0.25) is 0 Å². The highest BCUT2D eigenvalue weighted by atomic mass is 79.9. The van der Waals surface area contributed by atoms with E-state index in [1.807, 2.05) is 19.1 Å². The van der Waals surface area contributed by atoms with Crippen molar-refractivity contribution in [2.24, 2.45) is 0 Å². The first-order valence-corrected chi connectivity index (χ1v) is 8.34.